The number of methoxy groups -OCH3 is 1. The lowest BCUT2D eigenvalue weighted by molar-refractivity contribution is -0.141. The average Bonchev–Trinajstić information content (AvgIpc) is 2.36. The van der Waals surface area contributed by atoms with Gasteiger partial charge in [0.15, 0.2) is 0 Å². The molecule has 0 unspecified atom stereocenters. The predicted molar refractivity (Wildman–Crippen MR) is 69.7 cm³/mol. The number of nitrogens with one attached hydrogen (secondary N) is 1. The minimum absolute atomic E-state index is 0.143. The molecule has 1 N–H and O–H groups in total. The fraction of sp³-hybridized carbons (Fsp3) is 0.333. The van der Waals surface area contributed by atoms with Gasteiger partial charge < -0.3 is 14.8 Å². The molecule has 0 spiro atoms. The van der Waals surface area contributed by atoms with E-state index in [1.54, 1.807) is 32.2 Å². The first-order valence-electron chi connectivity index (χ1n) is 5.35. The van der Waals surface area contributed by atoms with Crippen LogP contribution in [-0.4, -0.2) is 32.1 Å². The third-order valence-corrected chi connectivity index (χ3v) is 2.73. The fourth-order valence-electron chi connectivity index (χ4n) is 1.27. The van der Waals surface area contributed by atoms with Crippen LogP contribution in [-0.2, 0) is 9.53 Å². The number of halogens is 1. The van der Waals surface area contributed by atoms with Gasteiger partial charge in [0.05, 0.1) is 18.2 Å². The molecule has 0 saturated heterocycles. The maximum atomic E-state index is 11.7. The van der Waals surface area contributed by atoms with Crippen LogP contribution in [0.4, 0.5) is 0 Å². The second kappa shape index (κ2) is 7.00. The molecule has 1 aromatic rings. The minimum atomic E-state index is -0.460. The van der Waals surface area contributed by atoms with Crippen LogP contribution in [0.2, 0.25) is 0 Å². The number of carbonyl (C=O) groups is 2. The van der Waals surface area contributed by atoms with Crippen molar-refractivity contribution >= 4 is 27.8 Å². The highest BCUT2D eigenvalue weighted by Crippen LogP contribution is 2.25. The summed E-state index contributed by atoms with van der Waals surface area (Å²) in [5.41, 5.74) is 0.437. The van der Waals surface area contributed by atoms with Crippen molar-refractivity contribution in [1.82, 2.24) is 5.32 Å². The molecule has 0 aliphatic carbocycles. The van der Waals surface area contributed by atoms with Crippen LogP contribution in [0.5, 0.6) is 5.75 Å². The number of benzene rings is 1. The molecule has 0 aliphatic heterocycles. The standard InChI is InChI=1S/C12H14BrNO4/c1-3-18-11(15)7-14-12(16)8-4-5-10(17-2)9(13)6-8/h4-6H,3,7H2,1-2H3,(H,14,16). The molecule has 1 rings (SSSR count). The highest BCUT2D eigenvalue weighted by atomic mass is 79.9. The van der Waals surface area contributed by atoms with Gasteiger partial charge in [-0.25, -0.2) is 0 Å². The molecule has 0 aliphatic rings. The fourth-order valence-corrected chi connectivity index (χ4v) is 1.81. The number of hydrogen-bond donors (Lipinski definition) is 1. The molecular weight excluding hydrogens is 302 g/mol. The van der Waals surface area contributed by atoms with Crippen LogP contribution in [0.15, 0.2) is 22.7 Å². The Morgan fingerprint density at radius 2 is 2.11 bits per heavy atom. The van der Waals surface area contributed by atoms with E-state index in [9.17, 15) is 9.59 Å². The van der Waals surface area contributed by atoms with Gasteiger partial charge in [-0.05, 0) is 41.1 Å². The number of carbonyl (C=O) groups excluding carboxylic acids is 2. The number of amides is 1. The first-order chi connectivity index (χ1) is 8.58. The summed E-state index contributed by atoms with van der Waals surface area (Å²) in [5.74, 6) is -0.165. The molecule has 5 nitrogen and oxygen atoms in total. The van der Waals surface area contributed by atoms with E-state index in [1.807, 2.05) is 0 Å². The number of ether oxygens (including phenoxy) is 2. The highest BCUT2D eigenvalue weighted by Gasteiger charge is 2.10. The predicted octanol–water partition coefficient (Wildman–Crippen LogP) is 1.75. The first kappa shape index (κ1) is 14.5. The van der Waals surface area contributed by atoms with Gasteiger partial charge in [0, 0.05) is 5.56 Å². The molecule has 18 heavy (non-hydrogen) atoms. The topological polar surface area (TPSA) is 64.6 Å². The van der Waals surface area contributed by atoms with E-state index in [2.05, 4.69) is 21.2 Å². The van der Waals surface area contributed by atoms with Crippen molar-refractivity contribution in [1.29, 1.82) is 0 Å². The van der Waals surface area contributed by atoms with Gasteiger partial charge in [-0.1, -0.05) is 0 Å². The van der Waals surface area contributed by atoms with Gasteiger partial charge in [0.2, 0.25) is 0 Å². The second-order valence-corrected chi connectivity index (χ2v) is 4.19. The Kier molecular flexibility index (Phi) is 5.64. The van der Waals surface area contributed by atoms with Gasteiger partial charge in [-0.15, -0.1) is 0 Å². The lowest BCUT2D eigenvalue weighted by Gasteiger charge is -2.07. The molecule has 1 amide bonds. The van der Waals surface area contributed by atoms with Crippen LogP contribution in [0.1, 0.15) is 17.3 Å². The Bertz CT molecular complexity index is 448. The molecule has 6 heteroatoms. The van der Waals surface area contributed by atoms with E-state index in [4.69, 9.17) is 9.47 Å². The summed E-state index contributed by atoms with van der Waals surface area (Å²) >= 11 is 3.28. The number of esters is 1. The van der Waals surface area contributed by atoms with Crippen molar-refractivity contribution in [2.75, 3.05) is 20.3 Å². The summed E-state index contributed by atoms with van der Waals surface area (Å²) in [6.07, 6.45) is 0. The summed E-state index contributed by atoms with van der Waals surface area (Å²) in [6.45, 7) is 1.86. The number of rotatable bonds is 5. The molecular formula is C12H14BrNO4. The van der Waals surface area contributed by atoms with Crippen LogP contribution in [0.3, 0.4) is 0 Å². The number of hydrogen-bond acceptors (Lipinski definition) is 4. The molecule has 0 bridgehead atoms. The molecule has 0 radical (unpaired) electrons. The molecule has 1 aromatic carbocycles. The maximum Gasteiger partial charge on any atom is 0.325 e. The zero-order valence-corrected chi connectivity index (χ0v) is 11.7. The van der Waals surface area contributed by atoms with E-state index in [0.717, 1.165) is 0 Å². The molecule has 0 fully saturated rings. The van der Waals surface area contributed by atoms with E-state index < -0.39 is 5.97 Å². The molecule has 98 valence electrons. The first-order valence-corrected chi connectivity index (χ1v) is 6.15. The van der Waals surface area contributed by atoms with Crippen molar-refractivity contribution in [3.05, 3.63) is 28.2 Å². The van der Waals surface area contributed by atoms with E-state index in [-0.39, 0.29) is 12.5 Å². The minimum Gasteiger partial charge on any atom is -0.496 e. The van der Waals surface area contributed by atoms with E-state index in [1.165, 1.54) is 0 Å². The van der Waals surface area contributed by atoms with Crippen molar-refractivity contribution in [2.24, 2.45) is 0 Å². The van der Waals surface area contributed by atoms with Crippen molar-refractivity contribution in [3.63, 3.8) is 0 Å². The third kappa shape index (κ3) is 4.03. The zero-order valence-electron chi connectivity index (χ0n) is 10.2. The largest absolute Gasteiger partial charge is 0.496 e. The lowest BCUT2D eigenvalue weighted by Crippen LogP contribution is -2.30. The third-order valence-electron chi connectivity index (χ3n) is 2.11. The van der Waals surface area contributed by atoms with Crippen molar-refractivity contribution < 1.29 is 19.1 Å². The summed E-state index contributed by atoms with van der Waals surface area (Å²) < 4.78 is 10.4. The normalized spacial score (nSPS) is 9.72. The van der Waals surface area contributed by atoms with Crippen molar-refractivity contribution in [2.45, 2.75) is 6.92 Å². The Balaban J connectivity index is 2.62. The SMILES string of the molecule is CCOC(=O)CNC(=O)c1ccc(OC)c(Br)c1. The van der Waals surface area contributed by atoms with Gasteiger partial charge in [-0.3, -0.25) is 9.59 Å². The zero-order chi connectivity index (χ0) is 13.5. The summed E-state index contributed by atoms with van der Waals surface area (Å²) in [6, 6.07) is 4.91. The summed E-state index contributed by atoms with van der Waals surface area (Å²) in [5, 5.41) is 2.47. The summed E-state index contributed by atoms with van der Waals surface area (Å²) in [7, 11) is 1.54. The molecule has 0 saturated carbocycles. The summed E-state index contributed by atoms with van der Waals surface area (Å²) in [4.78, 5) is 22.8. The average molecular weight is 316 g/mol. The van der Waals surface area contributed by atoms with Gasteiger partial charge >= 0.3 is 5.97 Å². The monoisotopic (exact) mass is 315 g/mol. The van der Waals surface area contributed by atoms with Crippen LogP contribution < -0.4 is 10.1 Å². The maximum absolute atomic E-state index is 11.7. The lowest BCUT2D eigenvalue weighted by atomic mass is 10.2. The Hall–Kier alpha value is -1.56. The van der Waals surface area contributed by atoms with Gasteiger partial charge in [0.25, 0.3) is 5.91 Å². The van der Waals surface area contributed by atoms with Crippen molar-refractivity contribution in [3.8, 4) is 5.75 Å². The molecule has 0 aromatic heterocycles. The van der Waals surface area contributed by atoms with Gasteiger partial charge in [-0.2, -0.15) is 0 Å². The van der Waals surface area contributed by atoms with Crippen LogP contribution in [0, 0.1) is 0 Å². The Labute approximate surface area is 114 Å². The molecule has 0 atom stereocenters. The van der Waals surface area contributed by atoms with Crippen LogP contribution in [0.25, 0.3) is 0 Å². The van der Waals surface area contributed by atoms with E-state index in [0.29, 0.717) is 22.4 Å². The van der Waals surface area contributed by atoms with E-state index >= 15 is 0 Å². The van der Waals surface area contributed by atoms with Crippen LogP contribution >= 0.6 is 15.9 Å². The second-order valence-electron chi connectivity index (χ2n) is 3.34. The quantitative estimate of drug-likeness (QED) is 0.841. The van der Waals surface area contributed by atoms with Gasteiger partial charge in [0.1, 0.15) is 12.3 Å². The smallest absolute Gasteiger partial charge is 0.325 e. The Morgan fingerprint density at radius 1 is 1.39 bits per heavy atom. The molecule has 0 heterocycles. The Morgan fingerprint density at radius 3 is 2.67 bits per heavy atom. The highest BCUT2D eigenvalue weighted by molar-refractivity contribution is 9.10.